The number of benzene rings is 1. The maximum Gasteiger partial charge on any atom is 0.150 e. The monoisotopic (exact) mass is 176 g/mol. The first-order valence-electron chi connectivity index (χ1n) is 4.81. The van der Waals surface area contributed by atoms with Gasteiger partial charge in [-0.15, -0.1) is 0 Å². The first kappa shape index (κ1) is 9.97. The highest BCUT2D eigenvalue weighted by atomic mass is 16.1. The first-order chi connectivity index (χ1) is 6.24. The summed E-state index contributed by atoms with van der Waals surface area (Å²) in [5.41, 5.74) is 4.47. The van der Waals surface area contributed by atoms with E-state index >= 15 is 0 Å². The van der Waals surface area contributed by atoms with Crippen LogP contribution in [0.5, 0.6) is 0 Å². The van der Waals surface area contributed by atoms with Gasteiger partial charge in [0, 0.05) is 5.56 Å². The van der Waals surface area contributed by atoms with Crippen molar-refractivity contribution >= 4 is 6.29 Å². The van der Waals surface area contributed by atoms with Crippen molar-refractivity contribution in [1.29, 1.82) is 0 Å². The molecule has 0 aromatic heterocycles. The second kappa shape index (κ2) is 4.22. The number of carbonyl (C=O) groups is 1. The minimum Gasteiger partial charge on any atom is -0.298 e. The van der Waals surface area contributed by atoms with Crippen LogP contribution >= 0.6 is 0 Å². The lowest BCUT2D eigenvalue weighted by atomic mass is 9.95. The fourth-order valence-electron chi connectivity index (χ4n) is 1.69. The summed E-state index contributed by atoms with van der Waals surface area (Å²) >= 11 is 0. The van der Waals surface area contributed by atoms with Gasteiger partial charge in [0.15, 0.2) is 6.29 Å². The van der Waals surface area contributed by atoms with E-state index in [9.17, 15) is 4.79 Å². The van der Waals surface area contributed by atoms with Crippen molar-refractivity contribution in [3.05, 3.63) is 34.4 Å². The summed E-state index contributed by atoms with van der Waals surface area (Å²) < 4.78 is 0. The molecule has 70 valence electrons. The molecule has 0 fully saturated rings. The molecule has 0 bridgehead atoms. The van der Waals surface area contributed by atoms with Crippen LogP contribution in [-0.2, 0) is 12.8 Å². The van der Waals surface area contributed by atoms with Gasteiger partial charge >= 0.3 is 0 Å². The maximum atomic E-state index is 10.9. The predicted molar refractivity (Wildman–Crippen MR) is 55.3 cm³/mol. The molecule has 0 aliphatic rings. The Kier molecular flexibility index (Phi) is 3.24. The SMILES string of the molecule is CCc1ccc(CC)c(C=O)c1C. The standard InChI is InChI=1S/C12H16O/c1-4-10-6-7-11(5-2)12(8-13)9(10)3/h6-8H,4-5H2,1-3H3. The van der Waals surface area contributed by atoms with E-state index in [0.717, 1.165) is 35.8 Å². The molecule has 0 saturated heterocycles. The van der Waals surface area contributed by atoms with Gasteiger partial charge in [-0.25, -0.2) is 0 Å². The third-order valence-electron chi connectivity index (χ3n) is 2.60. The molecule has 1 rings (SSSR count). The lowest BCUT2D eigenvalue weighted by Crippen LogP contribution is -1.98. The third kappa shape index (κ3) is 1.80. The van der Waals surface area contributed by atoms with Gasteiger partial charge in [0.2, 0.25) is 0 Å². The zero-order valence-electron chi connectivity index (χ0n) is 8.55. The van der Waals surface area contributed by atoms with Crippen molar-refractivity contribution in [2.45, 2.75) is 33.6 Å². The normalized spacial score (nSPS) is 10.1. The fourth-order valence-corrected chi connectivity index (χ4v) is 1.69. The van der Waals surface area contributed by atoms with Crippen LogP contribution in [0.4, 0.5) is 0 Å². The molecule has 0 unspecified atom stereocenters. The van der Waals surface area contributed by atoms with E-state index in [-0.39, 0.29) is 0 Å². The minimum atomic E-state index is 0.891. The number of hydrogen-bond donors (Lipinski definition) is 0. The van der Waals surface area contributed by atoms with Crippen molar-refractivity contribution in [2.24, 2.45) is 0 Å². The van der Waals surface area contributed by atoms with E-state index in [2.05, 4.69) is 26.0 Å². The summed E-state index contributed by atoms with van der Waals surface area (Å²) in [6, 6.07) is 4.19. The van der Waals surface area contributed by atoms with Crippen molar-refractivity contribution < 1.29 is 4.79 Å². The molecule has 0 heterocycles. The first-order valence-corrected chi connectivity index (χ1v) is 4.81. The van der Waals surface area contributed by atoms with Crippen LogP contribution in [0.2, 0.25) is 0 Å². The van der Waals surface area contributed by atoms with Gasteiger partial charge in [-0.1, -0.05) is 26.0 Å². The average Bonchev–Trinajstić information content (AvgIpc) is 2.17. The molecule has 0 spiro atoms. The van der Waals surface area contributed by atoms with Crippen LogP contribution in [0.3, 0.4) is 0 Å². The number of hydrogen-bond acceptors (Lipinski definition) is 1. The highest BCUT2D eigenvalue weighted by Gasteiger charge is 2.06. The molecule has 1 aromatic carbocycles. The molecule has 0 amide bonds. The molecule has 13 heavy (non-hydrogen) atoms. The Hall–Kier alpha value is -1.11. The van der Waals surface area contributed by atoms with Crippen LogP contribution in [-0.4, -0.2) is 6.29 Å². The van der Waals surface area contributed by atoms with Gasteiger partial charge in [-0.3, -0.25) is 4.79 Å². The lowest BCUT2D eigenvalue weighted by Gasteiger charge is -2.09. The fraction of sp³-hybridized carbons (Fsp3) is 0.417. The number of aryl methyl sites for hydroxylation is 2. The van der Waals surface area contributed by atoms with Gasteiger partial charge in [0.1, 0.15) is 0 Å². The van der Waals surface area contributed by atoms with E-state index < -0.39 is 0 Å². The Labute approximate surface area is 79.8 Å². The Morgan fingerprint density at radius 3 is 2.15 bits per heavy atom. The smallest absolute Gasteiger partial charge is 0.150 e. The summed E-state index contributed by atoms with van der Waals surface area (Å²) in [6.45, 7) is 6.22. The van der Waals surface area contributed by atoms with Crippen LogP contribution in [0.1, 0.15) is 40.9 Å². The summed E-state index contributed by atoms with van der Waals surface area (Å²) in [7, 11) is 0. The molecule has 0 atom stereocenters. The van der Waals surface area contributed by atoms with Crippen molar-refractivity contribution in [3.63, 3.8) is 0 Å². The van der Waals surface area contributed by atoms with Crippen LogP contribution in [0, 0.1) is 6.92 Å². The minimum absolute atomic E-state index is 0.891. The second-order valence-electron chi connectivity index (χ2n) is 3.25. The Bertz CT molecular complexity index is 313. The molecule has 0 aliphatic heterocycles. The molecule has 0 aliphatic carbocycles. The molecule has 0 N–H and O–H groups in total. The van der Waals surface area contributed by atoms with Crippen LogP contribution in [0.15, 0.2) is 12.1 Å². The zero-order valence-corrected chi connectivity index (χ0v) is 8.55. The van der Waals surface area contributed by atoms with Crippen LogP contribution in [0.25, 0.3) is 0 Å². The van der Waals surface area contributed by atoms with E-state index in [1.165, 1.54) is 5.56 Å². The van der Waals surface area contributed by atoms with Gasteiger partial charge in [-0.2, -0.15) is 0 Å². The van der Waals surface area contributed by atoms with Crippen molar-refractivity contribution in [1.82, 2.24) is 0 Å². The lowest BCUT2D eigenvalue weighted by molar-refractivity contribution is 0.112. The van der Waals surface area contributed by atoms with Crippen molar-refractivity contribution in [2.75, 3.05) is 0 Å². The number of carbonyl (C=O) groups excluding carboxylic acids is 1. The van der Waals surface area contributed by atoms with Gasteiger partial charge in [0.05, 0.1) is 0 Å². The predicted octanol–water partition coefficient (Wildman–Crippen LogP) is 2.93. The average molecular weight is 176 g/mol. The molecule has 1 heteroatoms. The highest BCUT2D eigenvalue weighted by Crippen LogP contribution is 2.17. The zero-order chi connectivity index (χ0) is 9.84. The van der Waals surface area contributed by atoms with Crippen molar-refractivity contribution in [3.8, 4) is 0 Å². The quantitative estimate of drug-likeness (QED) is 0.647. The number of rotatable bonds is 3. The molecule has 1 aromatic rings. The van der Waals surface area contributed by atoms with E-state index in [0.29, 0.717) is 0 Å². The van der Waals surface area contributed by atoms with Gasteiger partial charge in [-0.05, 0) is 36.5 Å². The van der Waals surface area contributed by atoms with E-state index in [1.54, 1.807) is 0 Å². The second-order valence-corrected chi connectivity index (χ2v) is 3.25. The van der Waals surface area contributed by atoms with E-state index in [1.807, 2.05) is 6.92 Å². The maximum absolute atomic E-state index is 10.9. The molecular formula is C12H16O. The summed E-state index contributed by atoms with van der Waals surface area (Å²) in [6.07, 6.45) is 2.91. The summed E-state index contributed by atoms with van der Waals surface area (Å²) in [4.78, 5) is 10.9. The van der Waals surface area contributed by atoms with Gasteiger partial charge in [0.25, 0.3) is 0 Å². The molecule has 0 saturated carbocycles. The summed E-state index contributed by atoms with van der Waals surface area (Å²) in [5.74, 6) is 0. The molecule has 0 radical (unpaired) electrons. The Morgan fingerprint density at radius 1 is 1.15 bits per heavy atom. The molecule has 1 nitrogen and oxygen atoms in total. The highest BCUT2D eigenvalue weighted by molar-refractivity contribution is 5.80. The number of aldehydes is 1. The Balaban J connectivity index is 3.31. The van der Waals surface area contributed by atoms with Gasteiger partial charge < -0.3 is 0 Å². The largest absolute Gasteiger partial charge is 0.298 e. The summed E-state index contributed by atoms with van der Waals surface area (Å²) in [5, 5.41) is 0. The Morgan fingerprint density at radius 2 is 1.69 bits per heavy atom. The third-order valence-corrected chi connectivity index (χ3v) is 2.60. The van der Waals surface area contributed by atoms with Crippen LogP contribution < -0.4 is 0 Å². The molecular weight excluding hydrogens is 160 g/mol. The van der Waals surface area contributed by atoms with E-state index in [4.69, 9.17) is 0 Å². The topological polar surface area (TPSA) is 17.1 Å².